The number of nitrogens with zero attached hydrogens (tertiary/aromatic N) is 1. The van der Waals surface area contributed by atoms with Gasteiger partial charge in [-0.05, 0) is 47.3 Å². The maximum absolute atomic E-state index is 12.7. The zero-order chi connectivity index (χ0) is 19.6. The lowest BCUT2D eigenvalue weighted by Gasteiger charge is -2.16. The highest BCUT2D eigenvalue weighted by Crippen LogP contribution is 2.33. The minimum absolute atomic E-state index is 0.107. The first kappa shape index (κ1) is 18.4. The maximum atomic E-state index is 12.7. The molecule has 0 aliphatic heterocycles. The summed E-state index contributed by atoms with van der Waals surface area (Å²) in [5.74, 6) is -0.107. The van der Waals surface area contributed by atoms with Gasteiger partial charge in [-0.25, -0.2) is 13.1 Å². The molecular weight excluding hydrogens is 390 g/mol. The number of hydrogen-bond acceptors (Lipinski definition) is 4. The molecular formula is C21H17N3O2S2. The Bertz CT molecular complexity index is 1240. The van der Waals surface area contributed by atoms with E-state index in [0.717, 1.165) is 21.3 Å². The van der Waals surface area contributed by atoms with E-state index >= 15 is 0 Å². The molecule has 0 bridgehead atoms. The van der Waals surface area contributed by atoms with Gasteiger partial charge in [-0.2, -0.15) is 5.26 Å². The molecule has 2 aromatic heterocycles. The Morgan fingerprint density at radius 1 is 1.07 bits per heavy atom. The van der Waals surface area contributed by atoms with Crippen molar-refractivity contribution in [1.82, 2.24) is 9.71 Å². The molecule has 4 rings (SSSR count). The summed E-state index contributed by atoms with van der Waals surface area (Å²) >= 11 is 1.60. The smallest absolute Gasteiger partial charge is 0.240 e. The fourth-order valence-corrected chi connectivity index (χ4v) is 5.11. The first-order valence-corrected chi connectivity index (χ1v) is 11.0. The molecule has 5 nitrogen and oxygen atoms in total. The SMILES string of the molecule is N#Cc1ccc(S(=O)(=O)NC[C@@H](c2cccs2)c2c[nH]c3ccccc23)cc1. The van der Waals surface area contributed by atoms with Gasteiger partial charge >= 0.3 is 0 Å². The summed E-state index contributed by atoms with van der Waals surface area (Å²) in [5.41, 5.74) is 2.50. The number of aromatic nitrogens is 1. The number of benzene rings is 2. The predicted octanol–water partition coefficient (Wildman–Crippen LogP) is 4.21. The molecule has 0 aliphatic rings. The van der Waals surface area contributed by atoms with Crippen molar-refractivity contribution in [3.05, 3.63) is 88.2 Å². The number of para-hydroxylation sites is 1. The van der Waals surface area contributed by atoms with Crippen LogP contribution in [0.1, 0.15) is 21.9 Å². The standard InChI is InChI=1S/C21H17N3O2S2/c22-12-15-7-9-16(10-8-15)28(25,26)24-14-19(21-6-3-11-27-21)18-13-23-20-5-2-1-4-17(18)20/h1-11,13,19,23-24H,14H2/t19-/m1/s1. The predicted molar refractivity (Wildman–Crippen MR) is 111 cm³/mol. The van der Waals surface area contributed by atoms with Crippen LogP contribution < -0.4 is 4.72 Å². The van der Waals surface area contributed by atoms with Crippen LogP contribution in [-0.4, -0.2) is 19.9 Å². The first-order chi connectivity index (χ1) is 13.6. The lowest BCUT2D eigenvalue weighted by atomic mass is 9.97. The third-order valence-electron chi connectivity index (χ3n) is 4.65. The second kappa shape index (κ2) is 7.60. The van der Waals surface area contributed by atoms with E-state index in [2.05, 4.69) is 9.71 Å². The lowest BCUT2D eigenvalue weighted by molar-refractivity contribution is 0.578. The molecule has 7 heteroatoms. The van der Waals surface area contributed by atoms with Crippen molar-refractivity contribution in [2.75, 3.05) is 6.54 Å². The summed E-state index contributed by atoms with van der Waals surface area (Å²) < 4.78 is 28.2. The molecule has 0 fully saturated rings. The van der Waals surface area contributed by atoms with Crippen molar-refractivity contribution in [3.63, 3.8) is 0 Å². The van der Waals surface area contributed by atoms with Crippen molar-refractivity contribution in [2.24, 2.45) is 0 Å². The van der Waals surface area contributed by atoms with Gasteiger partial charge in [0.1, 0.15) is 0 Å². The summed E-state index contributed by atoms with van der Waals surface area (Å²) in [4.78, 5) is 4.51. The second-order valence-corrected chi connectivity index (χ2v) is 9.09. The average molecular weight is 408 g/mol. The summed E-state index contributed by atoms with van der Waals surface area (Å²) in [6.07, 6.45) is 1.95. The zero-order valence-corrected chi connectivity index (χ0v) is 16.4. The molecule has 1 atom stereocenters. The van der Waals surface area contributed by atoms with E-state index < -0.39 is 10.0 Å². The number of hydrogen-bond donors (Lipinski definition) is 2. The van der Waals surface area contributed by atoms with Gasteiger partial charge in [0.05, 0.1) is 16.5 Å². The molecule has 0 amide bonds. The van der Waals surface area contributed by atoms with Gasteiger partial charge in [-0.3, -0.25) is 0 Å². The van der Waals surface area contributed by atoms with E-state index in [1.807, 2.05) is 54.0 Å². The van der Waals surface area contributed by atoms with E-state index in [9.17, 15) is 8.42 Å². The molecule has 140 valence electrons. The number of sulfonamides is 1. The Kier molecular flexibility index (Phi) is 5.01. The number of fused-ring (bicyclic) bond motifs is 1. The van der Waals surface area contributed by atoms with Crippen LogP contribution in [0.15, 0.2) is 77.1 Å². The van der Waals surface area contributed by atoms with Gasteiger partial charge in [-0.15, -0.1) is 11.3 Å². The minimum atomic E-state index is -3.68. The van der Waals surface area contributed by atoms with Gasteiger partial charge in [0.2, 0.25) is 10.0 Å². The molecule has 0 saturated heterocycles. The number of nitriles is 1. The lowest BCUT2D eigenvalue weighted by Crippen LogP contribution is -2.28. The van der Waals surface area contributed by atoms with Gasteiger partial charge < -0.3 is 4.98 Å². The van der Waals surface area contributed by atoms with Gasteiger partial charge in [0.25, 0.3) is 0 Å². The van der Waals surface area contributed by atoms with Crippen LogP contribution in [0, 0.1) is 11.3 Å². The van der Waals surface area contributed by atoms with Crippen molar-refractivity contribution in [2.45, 2.75) is 10.8 Å². The van der Waals surface area contributed by atoms with Crippen molar-refractivity contribution in [1.29, 1.82) is 5.26 Å². The van der Waals surface area contributed by atoms with Gasteiger partial charge in [0.15, 0.2) is 0 Å². The number of thiophene rings is 1. The van der Waals surface area contributed by atoms with Crippen molar-refractivity contribution >= 4 is 32.3 Å². The van der Waals surface area contributed by atoms with E-state index in [1.54, 1.807) is 11.3 Å². The Labute approximate surface area is 167 Å². The zero-order valence-electron chi connectivity index (χ0n) is 14.8. The average Bonchev–Trinajstić information content (AvgIpc) is 3.39. The van der Waals surface area contributed by atoms with Crippen LogP contribution in [0.25, 0.3) is 10.9 Å². The Hall–Kier alpha value is -2.92. The molecule has 2 aromatic carbocycles. The van der Waals surface area contributed by atoms with Gasteiger partial charge in [0, 0.05) is 34.4 Å². The Morgan fingerprint density at radius 2 is 1.86 bits per heavy atom. The summed E-state index contributed by atoms with van der Waals surface area (Å²) in [6.45, 7) is 0.241. The van der Waals surface area contributed by atoms with Gasteiger partial charge in [-0.1, -0.05) is 24.3 Å². The highest BCUT2D eigenvalue weighted by Gasteiger charge is 2.22. The molecule has 0 unspecified atom stereocenters. The largest absolute Gasteiger partial charge is 0.361 e. The molecule has 2 N–H and O–H groups in total. The normalized spacial score (nSPS) is 12.7. The Morgan fingerprint density at radius 3 is 2.57 bits per heavy atom. The van der Waals surface area contributed by atoms with E-state index in [0.29, 0.717) is 5.56 Å². The van der Waals surface area contributed by atoms with Crippen LogP contribution in [0.4, 0.5) is 0 Å². The topological polar surface area (TPSA) is 85.8 Å². The van der Waals surface area contributed by atoms with Crippen molar-refractivity contribution < 1.29 is 8.42 Å². The summed E-state index contributed by atoms with van der Waals surface area (Å²) in [7, 11) is -3.68. The van der Waals surface area contributed by atoms with Crippen molar-refractivity contribution in [3.8, 4) is 6.07 Å². The number of nitrogens with one attached hydrogen (secondary N) is 2. The fourth-order valence-electron chi connectivity index (χ4n) is 3.22. The van der Waals surface area contributed by atoms with Crippen LogP contribution in [-0.2, 0) is 10.0 Å². The molecule has 0 spiro atoms. The van der Waals surface area contributed by atoms with Crippen LogP contribution in [0.2, 0.25) is 0 Å². The Balaban J connectivity index is 1.64. The molecule has 0 radical (unpaired) electrons. The number of aromatic amines is 1. The fraction of sp³-hybridized carbons (Fsp3) is 0.0952. The molecule has 4 aromatic rings. The molecule has 28 heavy (non-hydrogen) atoms. The minimum Gasteiger partial charge on any atom is -0.361 e. The number of H-pyrrole nitrogens is 1. The maximum Gasteiger partial charge on any atom is 0.240 e. The first-order valence-electron chi connectivity index (χ1n) is 8.68. The highest BCUT2D eigenvalue weighted by atomic mass is 32.2. The third kappa shape index (κ3) is 3.58. The monoisotopic (exact) mass is 407 g/mol. The highest BCUT2D eigenvalue weighted by molar-refractivity contribution is 7.89. The summed E-state index contributed by atoms with van der Waals surface area (Å²) in [5, 5.41) is 12.0. The summed E-state index contributed by atoms with van der Waals surface area (Å²) in [6, 6.07) is 19.9. The van der Waals surface area contributed by atoms with E-state index in [-0.39, 0.29) is 17.4 Å². The van der Waals surface area contributed by atoms with Crippen LogP contribution >= 0.6 is 11.3 Å². The van der Waals surface area contributed by atoms with E-state index in [1.165, 1.54) is 24.3 Å². The molecule has 2 heterocycles. The molecule has 0 aliphatic carbocycles. The second-order valence-electron chi connectivity index (χ2n) is 6.35. The third-order valence-corrected chi connectivity index (χ3v) is 7.08. The molecule has 0 saturated carbocycles. The van der Waals surface area contributed by atoms with Crippen LogP contribution in [0.5, 0.6) is 0 Å². The quantitative estimate of drug-likeness (QED) is 0.502. The van der Waals surface area contributed by atoms with E-state index in [4.69, 9.17) is 5.26 Å². The number of rotatable bonds is 6. The van der Waals surface area contributed by atoms with Crippen LogP contribution in [0.3, 0.4) is 0 Å².